The average Bonchev–Trinajstić information content (AvgIpc) is 2.29. The van der Waals surface area contributed by atoms with Crippen molar-refractivity contribution in [2.45, 2.75) is 0 Å². The van der Waals surface area contributed by atoms with Gasteiger partial charge in [-0.15, -0.1) is 0 Å². The van der Waals surface area contributed by atoms with Crippen molar-refractivity contribution in [3.63, 3.8) is 0 Å². The lowest BCUT2D eigenvalue weighted by Crippen LogP contribution is -1.96. The summed E-state index contributed by atoms with van der Waals surface area (Å²) >= 11 is 0. The van der Waals surface area contributed by atoms with Crippen molar-refractivity contribution >= 4 is 5.82 Å². The van der Waals surface area contributed by atoms with Crippen LogP contribution in [-0.4, -0.2) is 10.1 Å². The fraction of sp³-hybridized carbons (Fsp3) is 0. The number of rotatable bonds is 1. The van der Waals surface area contributed by atoms with E-state index in [4.69, 9.17) is 11.0 Å². The second kappa shape index (κ2) is 3.91. The lowest BCUT2D eigenvalue weighted by Gasteiger charge is -2.07. The molecule has 1 heterocycles. The third kappa shape index (κ3) is 1.55. The maximum Gasteiger partial charge on any atom is 0.141 e. The van der Waals surface area contributed by atoms with E-state index in [0.717, 1.165) is 0 Å². The molecular formula is C12H9N3O. The minimum Gasteiger partial charge on any atom is -0.507 e. The molecule has 0 saturated carbocycles. The normalized spacial score (nSPS) is 9.69. The number of benzene rings is 1. The number of aromatic hydroxyl groups is 1. The second-order valence-corrected chi connectivity index (χ2v) is 3.25. The highest BCUT2D eigenvalue weighted by Gasteiger charge is 2.11. The van der Waals surface area contributed by atoms with E-state index in [1.54, 1.807) is 30.3 Å². The molecule has 0 aliphatic rings. The van der Waals surface area contributed by atoms with Gasteiger partial charge in [0.15, 0.2) is 0 Å². The van der Waals surface area contributed by atoms with Crippen LogP contribution in [0, 0.1) is 11.3 Å². The van der Waals surface area contributed by atoms with Crippen molar-refractivity contribution in [1.29, 1.82) is 5.26 Å². The Morgan fingerprint density at radius 1 is 1.19 bits per heavy atom. The zero-order chi connectivity index (χ0) is 11.5. The number of nitrogens with two attached hydrogens (primary N) is 1. The van der Waals surface area contributed by atoms with Gasteiger partial charge in [0, 0.05) is 17.3 Å². The molecule has 1 aromatic carbocycles. The average molecular weight is 211 g/mol. The topological polar surface area (TPSA) is 82.9 Å². The summed E-state index contributed by atoms with van der Waals surface area (Å²) in [7, 11) is 0. The van der Waals surface area contributed by atoms with Crippen LogP contribution in [0.1, 0.15) is 5.56 Å². The van der Waals surface area contributed by atoms with E-state index in [2.05, 4.69) is 4.98 Å². The zero-order valence-corrected chi connectivity index (χ0v) is 8.38. The Kier molecular flexibility index (Phi) is 2.44. The molecule has 4 nitrogen and oxygen atoms in total. The molecule has 4 heteroatoms. The number of aromatic nitrogens is 1. The van der Waals surface area contributed by atoms with E-state index in [9.17, 15) is 5.11 Å². The molecule has 16 heavy (non-hydrogen) atoms. The first kappa shape index (κ1) is 9.99. The van der Waals surface area contributed by atoms with Gasteiger partial charge in [0.1, 0.15) is 23.2 Å². The van der Waals surface area contributed by atoms with Crippen molar-refractivity contribution < 1.29 is 5.11 Å². The highest BCUT2D eigenvalue weighted by Crippen LogP contribution is 2.32. The molecular weight excluding hydrogens is 202 g/mol. The van der Waals surface area contributed by atoms with Gasteiger partial charge in [-0.2, -0.15) is 5.26 Å². The first-order valence-electron chi connectivity index (χ1n) is 4.67. The summed E-state index contributed by atoms with van der Waals surface area (Å²) in [4.78, 5) is 3.84. The second-order valence-electron chi connectivity index (χ2n) is 3.25. The number of nitrogen functional groups attached to an aromatic ring is 1. The van der Waals surface area contributed by atoms with E-state index in [-0.39, 0.29) is 17.1 Å². The minimum atomic E-state index is 0.115. The summed E-state index contributed by atoms with van der Waals surface area (Å²) in [6, 6.07) is 10.4. The molecule has 0 atom stereocenters. The lowest BCUT2D eigenvalue weighted by atomic mass is 10.0. The van der Waals surface area contributed by atoms with Gasteiger partial charge in [0.25, 0.3) is 0 Å². The Morgan fingerprint density at radius 2 is 1.94 bits per heavy atom. The van der Waals surface area contributed by atoms with Crippen LogP contribution in [0.2, 0.25) is 0 Å². The molecule has 0 fully saturated rings. The predicted molar refractivity (Wildman–Crippen MR) is 60.5 cm³/mol. The summed E-state index contributed by atoms with van der Waals surface area (Å²) in [5, 5.41) is 18.7. The summed E-state index contributed by atoms with van der Waals surface area (Å²) in [6.07, 6.45) is 1.51. The smallest absolute Gasteiger partial charge is 0.141 e. The van der Waals surface area contributed by atoms with Gasteiger partial charge < -0.3 is 10.8 Å². The van der Waals surface area contributed by atoms with Gasteiger partial charge in [-0.25, -0.2) is 4.98 Å². The molecule has 0 aliphatic heterocycles. The molecule has 0 amide bonds. The molecule has 2 rings (SSSR count). The van der Waals surface area contributed by atoms with Crippen LogP contribution < -0.4 is 5.73 Å². The monoisotopic (exact) mass is 211 g/mol. The molecule has 78 valence electrons. The van der Waals surface area contributed by atoms with Gasteiger partial charge in [0.2, 0.25) is 0 Å². The van der Waals surface area contributed by atoms with Crippen LogP contribution in [0.25, 0.3) is 11.1 Å². The quantitative estimate of drug-likeness (QED) is 0.754. The minimum absolute atomic E-state index is 0.115. The van der Waals surface area contributed by atoms with Crippen LogP contribution in [0.4, 0.5) is 5.82 Å². The van der Waals surface area contributed by atoms with Crippen LogP contribution in [-0.2, 0) is 0 Å². The maximum atomic E-state index is 9.70. The molecule has 0 aliphatic carbocycles. The van der Waals surface area contributed by atoms with Gasteiger partial charge in [-0.05, 0) is 12.1 Å². The Morgan fingerprint density at radius 3 is 2.62 bits per heavy atom. The van der Waals surface area contributed by atoms with Crippen molar-refractivity contribution in [2.24, 2.45) is 0 Å². The third-order valence-corrected chi connectivity index (χ3v) is 2.29. The Balaban J connectivity index is 2.71. The van der Waals surface area contributed by atoms with E-state index < -0.39 is 0 Å². The number of pyridine rings is 1. The number of phenols is 1. The highest BCUT2D eigenvalue weighted by atomic mass is 16.3. The number of hydrogen-bond acceptors (Lipinski definition) is 4. The molecule has 0 spiro atoms. The van der Waals surface area contributed by atoms with Crippen LogP contribution in [0.15, 0.2) is 36.5 Å². The zero-order valence-electron chi connectivity index (χ0n) is 8.38. The highest BCUT2D eigenvalue weighted by molar-refractivity contribution is 5.78. The molecule has 0 bridgehead atoms. The molecule has 0 radical (unpaired) electrons. The number of para-hydroxylation sites is 1. The van der Waals surface area contributed by atoms with E-state index in [0.29, 0.717) is 11.1 Å². The van der Waals surface area contributed by atoms with Gasteiger partial charge in [0.05, 0.1) is 0 Å². The lowest BCUT2D eigenvalue weighted by molar-refractivity contribution is 0.477. The van der Waals surface area contributed by atoms with Gasteiger partial charge in [-0.1, -0.05) is 18.2 Å². The summed E-state index contributed by atoms with van der Waals surface area (Å²) in [5.41, 5.74) is 7.05. The molecule has 1 aromatic heterocycles. The van der Waals surface area contributed by atoms with E-state index in [1.807, 2.05) is 6.07 Å². The number of anilines is 1. The van der Waals surface area contributed by atoms with Crippen molar-refractivity contribution in [3.8, 4) is 22.9 Å². The number of nitrogens with zero attached hydrogens (tertiary/aromatic N) is 2. The summed E-state index contributed by atoms with van der Waals surface area (Å²) in [5.74, 6) is 0.285. The van der Waals surface area contributed by atoms with Gasteiger partial charge >= 0.3 is 0 Å². The largest absolute Gasteiger partial charge is 0.507 e. The Labute approximate surface area is 92.6 Å². The summed E-state index contributed by atoms with van der Waals surface area (Å²) in [6.45, 7) is 0. The Bertz CT molecular complexity index is 573. The third-order valence-electron chi connectivity index (χ3n) is 2.29. The van der Waals surface area contributed by atoms with Crippen LogP contribution in [0.3, 0.4) is 0 Å². The van der Waals surface area contributed by atoms with Crippen LogP contribution >= 0.6 is 0 Å². The first-order valence-corrected chi connectivity index (χ1v) is 4.67. The molecule has 2 aromatic rings. The fourth-order valence-electron chi connectivity index (χ4n) is 1.52. The molecule has 3 N–H and O–H groups in total. The predicted octanol–water partition coefficient (Wildman–Crippen LogP) is 1.91. The standard InChI is InChI=1S/C12H9N3O/c13-7-10-8(5-6-15-12(10)14)9-3-1-2-4-11(9)16/h1-6,16H,(H2,14,15). The fourth-order valence-corrected chi connectivity index (χ4v) is 1.52. The maximum absolute atomic E-state index is 9.70. The molecule has 0 unspecified atom stereocenters. The Hall–Kier alpha value is -2.54. The summed E-state index contributed by atoms with van der Waals surface area (Å²) < 4.78 is 0. The molecule has 0 saturated heterocycles. The van der Waals surface area contributed by atoms with Crippen molar-refractivity contribution in [3.05, 3.63) is 42.1 Å². The first-order chi connectivity index (χ1) is 7.74. The van der Waals surface area contributed by atoms with Gasteiger partial charge in [-0.3, -0.25) is 0 Å². The SMILES string of the molecule is N#Cc1c(-c2ccccc2O)ccnc1N. The van der Waals surface area contributed by atoms with Crippen molar-refractivity contribution in [2.75, 3.05) is 5.73 Å². The van der Waals surface area contributed by atoms with E-state index >= 15 is 0 Å². The van der Waals surface area contributed by atoms with Crippen molar-refractivity contribution in [1.82, 2.24) is 4.98 Å². The number of phenolic OH excluding ortho intramolecular Hbond substituents is 1. The van der Waals surface area contributed by atoms with Crippen LogP contribution in [0.5, 0.6) is 5.75 Å². The number of hydrogen-bond donors (Lipinski definition) is 2. The number of nitriles is 1. The van der Waals surface area contributed by atoms with E-state index in [1.165, 1.54) is 6.20 Å².